The molecule has 5 rings (SSSR count). The largest absolute Gasteiger partial charge is 0.496 e. The van der Waals surface area contributed by atoms with Gasteiger partial charge in [-0.3, -0.25) is 4.79 Å². The normalized spacial score (nSPS) is 17.3. The van der Waals surface area contributed by atoms with Gasteiger partial charge in [-0.05, 0) is 80.1 Å². The van der Waals surface area contributed by atoms with E-state index in [4.69, 9.17) is 16.3 Å². The van der Waals surface area contributed by atoms with Gasteiger partial charge >= 0.3 is 0 Å². The van der Waals surface area contributed by atoms with Gasteiger partial charge in [0.25, 0.3) is 5.91 Å². The molecule has 4 aromatic rings. The number of aryl methyl sites for hydroxylation is 1. The number of rotatable bonds is 9. The monoisotopic (exact) mass is 642 g/mol. The van der Waals surface area contributed by atoms with Crippen molar-refractivity contribution in [3.8, 4) is 16.9 Å². The third-order valence-corrected chi connectivity index (χ3v) is 10.8. The lowest BCUT2D eigenvalue weighted by molar-refractivity contribution is 0.0604. The van der Waals surface area contributed by atoms with Crippen LogP contribution in [0, 0.1) is 12.7 Å². The van der Waals surface area contributed by atoms with Crippen LogP contribution in [0.5, 0.6) is 5.75 Å². The van der Waals surface area contributed by atoms with Crippen LogP contribution in [0.25, 0.3) is 21.2 Å². The number of hydrogen-bond acceptors (Lipinski definition) is 6. The van der Waals surface area contributed by atoms with E-state index >= 15 is 0 Å². The first-order chi connectivity index (χ1) is 20.5. The lowest BCUT2D eigenvalue weighted by Crippen LogP contribution is -2.44. The molecule has 0 bridgehead atoms. The number of nitrogens with zero attached hydrogens (tertiary/aromatic N) is 1. The Morgan fingerprint density at radius 3 is 2.35 bits per heavy atom. The van der Waals surface area contributed by atoms with E-state index in [1.54, 1.807) is 13.2 Å². The summed E-state index contributed by atoms with van der Waals surface area (Å²) in [5, 5.41) is 4.24. The lowest BCUT2D eigenvalue weighted by atomic mass is 9.89. The molecule has 0 spiro atoms. The fourth-order valence-electron chi connectivity index (χ4n) is 5.96. The van der Waals surface area contributed by atoms with Crippen LogP contribution in [0.3, 0.4) is 0 Å². The van der Waals surface area contributed by atoms with Crippen molar-refractivity contribution < 1.29 is 22.3 Å². The molecule has 0 aliphatic heterocycles. The fraction of sp³-hybridized carbons (Fsp3) is 0.364. The van der Waals surface area contributed by atoms with E-state index in [2.05, 4.69) is 5.32 Å². The zero-order chi connectivity index (χ0) is 30.9. The number of carbonyl (C=O) groups is 1. The highest BCUT2D eigenvalue weighted by atomic mass is 35.5. The van der Waals surface area contributed by atoms with E-state index in [9.17, 15) is 17.6 Å². The predicted molar refractivity (Wildman–Crippen MR) is 173 cm³/mol. The fourth-order valence-corrected chi connectivity index (χ4v) is 8.39. The number of ether oxygens (including phenoxy) is 1. The summed E-state index contributed by atoms with van der Waals surface area (Å²) in [5.41, 5.74) is 4.23. The number of nitrogens with one attached hydrogen (secondary N) is 1. The second kappa shape index (κ2) is 12.9. The molecular formula is C33H36ClFN2O4S2. The van der Waals surface area contributed by atoms with Crippen molar-refractivity contribution in [1.82, 2.24) is 10.2 Å². The summed E-state index contributed by atoms with van der Waals surface area (Å²) in [7, 11) is 0.437. The molecular weight excluding hydrogens is 607 g/mol. The minimum absolute atomic E-state index is 0.0161. The predicted octanol–water partition coefficient (Wildman–Crippen LogP) is 7.40. The highest BCUT2D eigenvalue weighted by molar-refractivity contribution is 7.89. The number of methoxy groups -OCH3 is 1. The van der Waals surface area contributed by atoms with Crippen LogP contribution < -0.4 is 10.1 Å². The van der Waals surface area contributed by atoms with E-state index in [0.29, 0.717) is 38.3 Å². The lowest BCUT2D eigenvalue weighted by Gasteiger charge is -2.37. The molecule has 1 aliphatic carbocycles. The maximum absolute atomic E-state index is 14.8. The zero-order valence-corrected chi connectivity index (χ0v) is 27.1. The van der Waals surface area contributed by atoms with E-state index in [0.717, 1.165) is 64.8 Å². The molecule has 0 atom stereocenters. The van der Waals surface area contributed by atoms with E-state index in [-0.39, 0.29) is 23.5 Å². The Balaban J connectivity index is 1.52. The van der Waals surface area contributed by atoms with Gasteiger partial charge < -0.3 is 15.0 Å². The first-order valence-electron chi connectivity index (χ1n) is 14.3. The molecule has 228 valence electrons. The van der Waals surface area contributed by atoms with Gasteiger partial charge in [0, 0.05) is 35.8 Å². The number of carbonyl (C=O) groups excluding carboxylic acids is 1. The summed E-state index contributed by atoms with van der Waals surface area (Å²) in [6.45, 7) is 2.17. The van der Waals surface area contributed by atoms with Crippen LogP contribution in [-0.2, 0) is 22.1 Å². The molecule has 6 nitrogen and oxygen atoms in total. The first kappa shape index (κ1) is 31.4. The average Bonchev–Trinajstić information content (AvgIpc) is 3.35. The minimum atomic E-state index is -3.14. The molecule has 1 fully saturated rings. The van der Waals surface area contributed by atoms with E-state index in [1.165, 1.54) is 12.3 Å². The van der Waals surface area contributed by atoms with E-state index in [1.807, 2.05) is 61.3 Å². The highest BCUT2D eigenvalue weighted by Crippen LogP contribution is 2.41. The Kier molecular flexibility index (Phi) is 9.46. The van der Waals surface area contributed by atoms with Gasteiger partial charge in [-0.25, -0.2) is 12.8 Å². The van der Waals surface area contributed by atoms with Gasteiger partial charge in [0.2, 0.25) is 0 Å². The van der Waals surface area contributed by atoms with Gasteiger partial charge in [0.05, 0.1) is 22.6 Å². The van der Waals surface area contributed by atoms with Crippen molar-refractivity contribution in [3.05, 3.63) is 87.0 Å². The maximum atomic E-state index is 14.8. The Bertz CT molecular complexity index is 1750. The SMILES string of the molecule is CNC1CCC(N(Cc2cc(-c3ccc(CS(C)(=O)=O)cc3)ccc2OC)C(=O)c2sc3c(F)ccc(C)c3c2Cl)CC1. The Hall–Kier alpha value is -2.98. The topological polar surface area (TPSA) is 75.7 Å². The number of amides is 1. The average molecular weight is 643 g/mol. The summed E-state index contributed by atoms with van der Waals surface area (Å²) in [6.07, 6.45) is 4.76. The Morgan fingerprint density at radius 1 is 1.07 bits per heavy atom. The molecule has 1 aromatic heterocycles. The first-order valence-corrected chi connectivity index (χ1v) is 17.5. The Morgan fingerprint density at radius 2 is 1.74 bits per heavy atom. The van der Waals surface area contributed by atoms with Crippen LogP contribution >= 0.6 is 22.9 Å². The van der Waals surface area contributed by atoms with Crippen molar-refractivity contribution in [2.75, 3.05) is 20.4 Å². The van der Waals surface area contributed by atoms with Crippen molar-refractivity contribution in [2.45, 2.75) is 57.0 Å². The van der Waals surface area contributed by atoms with Crippen molar-refractivity contribution >= 4 is 48.8 Å². The van der Waals surface area contributed by atoms with Crippen LogP contribution in [0.2, 0.25) is 5.02 Å². The number of benzene rings is 3. The zero-order valence-electron chi connectivity index (χ0n) is 24.7. The molecule has 3 aromatic carbocycles. The summed E-state index contributed by atoms with van der Waals surface area (Å²) < 4.78 is 44.4. The molecule has 43 heavy (non-hydrogen) atoms. The number of sulfone groups is 1. The second-order valence-corrected chi connectivity index (χ2v) is 14.9. The minimum Gasteiger partial charge on any atom is -0.496 e. The Labute approximate surface area is 261 Å². The van der Waals surface area contributed by atoms with Crippen molar-refractivity contribution in [3.63, 3.8) is 0 Å². The summed E-state index contributed by atoms with van der Waals surface area (Å²) in [4.78, 5) is 16.6. The quantitative estimate of drug-likeness (QED) is 0.206. The molecule has 0 unspecified atom stereocenters. The third-order valence-electron chi connectivity index (χ3n) is 8.28. The van der Waals surface area contributed by atoms with Gasteiger partial charge in [0.15, 0.2) is 9.84 Å². The molecule has 1 saturated carbocycles. The smallest absolute Gasteiger partial charge is 0.266 e. The van der Waals surface area contributed by atoms with Gasteiger partial charge in [0.1, 0.15) is 16.4 Å². The highest BCUT2D eigenvalue weighted by Gasteiger charge is 2.32. The summed E-state index contributed by atoms with van der Waals surface area (Å²) in [5.74, 6) is 0.0427. The molecule has 0 saturated heterocycles. The number of halogens is 2. The molecule has 1 amide bonds. The molecule has 10 heteroatoms. The molecule has 0 radical (unpaired) electrons. The van der Waals surface area contributed by atoms with Gasteiger partial charge in [-0.1, -0.05) is 48.0 Å². The molecule has 1 aliphatic rings. The van der Waals surface area contributed by atoms with E-state index < -0.39 is 9.84 Å². The third kappa shape index (κ3) is 6.90. The van der Waals surface area contributed by atoms with Crippen LogP contribution in [0.4, 0.5) is 4.39 Å². The van der Waals surface area contributed by atoms with Crippen LogP contribution in [0.15, 0.2) is 54.6 Å². The standard InChI is InChI=1S/C33H36ClFN2O4S2/c1-20-5-15-27(35)31-29(20)30(34)32(42-31)33(38)37(26-13-11-25(36-2)12-14-26)18-24-17-23(10-16-28(24)41-3)22-8-6-21(7-9-22)19-43(4,39)40/h5-10,15-17,25-26,36H,11-14,18-19H2,1-4H3. The second-order valence-electron chi connectivity index (χ2n) is 11.3. The molecule has 1 heterocycles. The number of fused-ring (bicyclic) bond motifs is 1. The van der Waals surface area contributed by atoms with Crippen LogP contribution in [-0.4, -0.2) is 51.7 Å². The number of thiophene rings is 1. The summed E-state index contributed by atoms with van der Waals surface area (Å²) >= 11 is 7.91. The van der Waals surface area contributed by atoms with Crippen LogP contribution in [0.1, 0.15) is 52.0 Å². The van der Waals surface area contributed by atoms with Crippen molar-refractivity contribution in [1.29, 1.82) is 0 Å². The van der Waals surface area contributed by atoms with Gasteiger partial charge in [-0.2, -0.15) is 0 Å². The number of hydrogen-bond donors (Lipinski definition) is 1. The van der Waals surface area contributed by atoms with Gasteiger partial charge in [-0.15, -0.1) is 11.3 Å². The molecule has 1 N–H and O–H groups in total. The maximum Gasteiger partial charge on any atom is 0.266 e. The summed E-state index contributed by atoms with van der Waals surface area (Å²) in [6, 6.07) is 16.8. The van der Waals surface area contributed by atoms with Crippen molar-refractivity contribution in [2.24, 2.45) is 0 Å².